The summed E-state index contributed by atoms with van der Waals surface area (Å²) < 4.78 is 15.0. The van der Waals surface area contributed by atoms with Gasteiger partial charge in [0.2, 0.25) is 0 Å². The highest BCUT2D eigenvalue weighted by Crippen LogP contribution is 2.43. The smallest absolute Gasteiger partial charge is 0.256 e. The van der Waals surface area contributed by atoms with E-state index >= 15 is 4.39 Å². The number of benzene rings is 2. The first-order valence-corrected chi connectivity index (χ1v) is 11.4. The third-order valence-corrected chi connectivity index (χ3v) is 7.21. The predicted molar refractivity (Wildman–Crippen MR) is 126 cm³/mol. The van der Waals surface area contributed by atoms with E-state index in [0.29, 0.717) is 11.1 Å². The standard InChI is InChI=1S/C25H28FN3OS/c1-17-18(2)31-25(27-24(30)19-9-5-4-6-10-19)22(17)23(20-11-7-8-12-21(20)26)29-15-13-28(3)14-16-29/h4-12,23H,13-16H2,1-3H3,(H,27,30). The van der Waals surface area contributed by atoms with Crippen LogP contribution in [0.4, 0.5) is 9.39 Å². The number of likely N-dealkylation sites (N-methyl/N-ethyl adjacent to an activating group) is 1. The van der Waals surface area contributed by atoms with E-state index in [4.69, 9.17) is 0 Å². The van der Waals surface area contributed by atoms with Crippen LogP contribution in [0.15, 0.2) is 54.6 Å². The average Bonchev–Trinajstić information content (AvgIpc) is 3.05. The van der Waals surface area contributed by atoms with Crippen LogP contribution in [0.5, 0.6) is 0 Å². The van der Waals surface area contributed by atoms with E-state index < -0.39 is 0 Å². The van der Waals surface area contributed by atoms with Crippen molar-refractivity contribution >= 4 is 22.2 Å². The number of thiophene rings is 1. The Labute approximate surface area is 187 Å². The van der Waals surface area contributed by atoms with Crippen LogP contribution in [-0.4, -0.2) is 48.9 Å². The topological polar surface area (TPSA) is 35.6 Å². The monoisotopic (exact) mass is 437 g/mol. The number of aryl methyl sites for hydroxylation is 1. The van der Waals surface area contributed by atoms with Crippen molar-refractivity contribution in [3.05, 3.63) is 87.5 Å². The molecule has 0 aliphatic carbocycles. The number of carbonyl (C=O) groups is 1. The number of nitrogens with one attached hydrogen (secondary N) is 1. The number of nitrogens with zero attached hydrogens (tertiary/aromatic N) is 2. The summed E-state index contributed by atoms with van der Waals surface area (Å²) in [6.07, 6.45) is 0. The predicted octanol–water partition coefficient (Wildman–Crippen LogP) is 5.09. The molecule has 1 atom stereocenters. The molecule has 2 aromatic carbocycles. The van der Waals surface area contributed by atoms with Gasteiger partial charge < -0.3 is 10.2 Å². The first-order valence-electron chi connectivity index (χ1n) is 10.6. The molecule has 1 fully saturated rings. The van der Waals surface area contributed by atoms with Crippen molar-refractivity contribution < 1.29 is 9.18 Å². The van der Waals surface area contributed by atoms with E-state index in [1.165, 1.54) is 6.07 Å². The zero-order valence-corrected chi connectivity index (χ0v) is 19.0. The van der Waals surface area contributed by atoms with Crippen LogP contribution < -0.4 is 5.32 Å². The van der Waals surface area contributed by atoms with E-state index in [1.54, 1.807) is 29.5 Å². The molecule has 1 N–H and O–H groups in total. The number of halogens is 1. The molecule has 0 bridgehead atoms. The van der Waals surface area contributed by atoms with Crippen LogP contribution in [0.2, 0.25) is 0 Å². The van der Waals surface area contributed by atoms with E-state index in [2.05, 4.69) is 36.0 Å². The van der Waals surface area contributed by atoms with Gasteiger partial charge in [-0.25, -0.2) is 4.39 Å². The van der Waals surface area contributed by atoms with Crippen LogP contribution >= 0.6 is 11.3 Å². The summed E-state index contributed by atoms with van der Waals surface area (Å²) in [7, 11) is 2.11. The number of rotatable bonds is 5. The number of carbonyl (C=O) groups excluding carboxylic acids is 1. The quantitative estimate of drug-likeness (QED) is 0.604. The molecule has 1 aliphatic heterocycles. The van der Waals surface area contributed by atoms with E-state index in [9.17, 15) is 4.79 Å². The Balaban J connectivity index is 1.78. The molecule has 1 saturated heterocycles. The molecule has 3 aromatic rings. The van der Waals surface area contributed by atoms with Crippen molar-refractivity contribution in [3.63, 3.8) is 0 Å². The van der Waals surface area contributed by atoms with Crippen LogP contribution in [0.25, 0.3) is 0 Å². The first kappa shape index (κ1) is 21.7. The highest BCUT2D eigenvalue weighted by Gasteiger charge is 2.32. The normalized spacial score (nSPS) is 16.3. The molecular weight excluding hydrogens is 409 g/mol. The maximum atomic E-state index is 15.0. The second-order valence-corrected chi connectivity index (χ2v) is 9.33. The maximum absolute atomic E-state index is 15.0. The Bertz CT molecular complexity index is 1060. The summed E-state index contributed by atoms with van der Waals surface area (Å²) in [5, 5.41) is 3.93. The summed E-state index contributed by atoms with van der Waals surface area (Å²) >= 11 is 1.57. The fourth-order valence-electron chi connectivity index (χ4n) is 4.14. The number of hydrogen-bond donors (Lipinski definition) is 1. The molecule has 4 nitrogen and oxygen atoms in total. The van der Waals surface area contributed by atoms with Crippen molar-refractivity contribution in [2.45, 2.75) is 19.9 Å². The number of amides is 1. The van der Waals surface area contributed by atoms with Gasteiger partial charge in [-0.1, -0.05) is 36.4 Å². The van der Waals surface area contributed by atoms with Gasteiger partial charge in [-0.15, -0.1) is 11.3 Å². The Kier molecular flexibility index (Phi) is 6.51. The lowest BCUT2D eigenvalue weighted by atomic mass is 9.94. The largest absolute Gasteiger partial charge is 0.313 e. The van der Waals surface area contributed by atoms with Crippen molar-refractivity contribution in [3.8, 4) is 0 Å². The van der Waals surface area contributed by atoms with Crippen LogP contribution in [0, 0.1) is 19.7 Å². The highest BCUT2D eigenvalue weighted by molar-refractivity contribution is 7.16. The molecule has 1 aliphatic rings. The summed E-state index contributed by atoms with van der Waals surface area (Å²) in [6.45, 7) is 7.68. The second kappa shape index (κ2) is 9.30. The van der Waals surface area contributed by atoms with Gasteiger partial charge in [0.25, 0.3) is 5.91 Å². The number of hydrogen-bond acceptors (Lipinski definition) is 4. The third-order valence-electron chi connectivity index (χ3n) is 6.07. The second-order valence-electron chi connectivity index (χ2n) is 8.11. The zero-order valence-electron chi connectivity index (χ0n) is 18.2. The van der Waals surface area contributed by atoms with Crippen LogP contribution in [-0.2, 0) is 0 Å². The number of anilines is 1. The van der Waals surface area contributed by atoms with Gasteiger partial charge in [-0.3, -0.25) is 9.69 Å². The molecule has 0 saturated carbocycles. The minimum atomic E-state index is -0.245. The average molecular weight is 438 g/mol. The summed E-state index contributed by atoms with van der Waals surface area (Å²) in [4.78, 5) is 18.7. The van der Waals surface area contributed by atoms with Crippen LogP contribution in [0.1, 0.15) is 38.0 Å². The lowest BCUT2D eigenvalue weighted by Crippen LogP contribution is -2.46. The van der Waals surface area contributed by atoms with Gasteiger partial charge in [0.05, 0.1) is 6.04 Å². The van der Waals surface area contributed by atoms with Crippen molar-refractivity contribution in [1.82, 2.24) is 9.80 Å². The van der Waals surface area contributed by atoms with Crippen LogP contribution in [0.3, 0.4) is 0 Å². The van der Waals surface area contributed by atoms with E-state index in [0.717, 1.165) is 47.2 Å². The van der Waals surface area contributed by atoms with Crippen molar-refractivity contribution in [1.29, 1.82) is 0 Å². The first-order chi connectivity index (χ1) is 15.0. The molecule has 162 valence electrons. The minimum Gasteiger partial charge on any atom is -0.313 e. The summed E-state index contributed by atoms with van der Waals surface area (Å²) in [6, 6.07) is 16.0. The summed E-state index contributed by atoms with van der Waals surface area (Å²) in [5.74, 6) is -0.358. The van der Waals surface area contributed by atoms with Crippen molar-refractivity contribution in [2.24, 2.45) is 0 Å². The Morgan fingerprint density at radius 3 is 2.32 bits per heavy atom. The Morgan fingerprint density at radius 2 is 1.65 bits per heavy atom. The molecule has 1 amide bonds. The van der Waals surface area contributed by atoms with Gasteiger partial charge in [-0.05, 0) is 44.7 Å². The Hall–Kier alpha value is -2.54. The zero-order chi connectivity index (χ0) is 22.0. The molecule has 0 spiro atoms. The van der Waals surface area contributed by atoms with Gasteiger partial charge in [0.1, 0.15) is 10.8 Å². The van der Waals surface area contributed by atoms with Gasteiger partial charge in [0.15, 0.2) is 0 Å². The minimum absolute atomic E-state index is 0.145. The van der Waals surface area contributed by atoms with E-state index in [1.807, 2.05) is 30.3 Å². The Morgan fingerprint density at radius 1 is 1.00 bits per heavy atom. The lowest BCUT2D eigenvalue weighted by molar-refractivity contribution is 0.102. The number of piperazine rings is 1. The molecule has 4 rings (SSSR count). The molecule has 6 heteroatoms. The SMILES string of the molecule is Cc1sc(NC(=O)c2ccccc2)c(C(c2ccccc2F)N2CCN(C)CC2)c1C. The van der Waals surface area contributed by atoms with Gasteiger partial charge in [0, 0.05) is 47.7 Å². The van der Waals surface area contributed by atoms with E-state index in [-0.39, 0.29) is 17.8 Å². The third kappa shape index (κ3) is 4.56. The fraction of sp³-hybridized carbons (Fsp3) is 0.320. The van der Waals surface area contributed by atoms with Gasteiger partial charge in [-0.2, -0.15) is 0 Å². The molecule has 1 unspecified atom stereocenters. The summed E-state index contributed by atoms with van der Waals surface area (Å²) in [5.41, 5.74) is 3.38. The highest BCUT2D eigenvalue weighted by atomic mass is 32.1. The van der Waals surface area contributed by atoms with Crippen molar-refractivity contribution in [2.75, 3.05) is 38.5 Å². The molecule has 1 aromatic heterocycles. The fourth-order valence-corrected chi connectivity index (χ4v) is 5.23. The maximum Gasteiger partial charge on any atom is 0.256 e. The molecule has 0 radical (unpaired) electrons. The lowest BCUT2D eigenvalue weighted by Gasteiger charge is -2.39. The molecular formula is C25H28FN3OS. The van der Waals surface area contributed by atoms with Gasteiger partial charge >= 0.3 is 0 Å². The molecule has 2 heterocycles. The molecule has 31 heavy (non-hydrogen) atoms.